The van der Waals surface area contributed by atoms with Gasteiger partial charge >= 0.3 is 0 Å². The first-order valence-electron chi connectivity index (χ1n) is 8.29. The van der Waals surface area contributed by atoms with Gasteiger partial charge in [-0.25, -0.2) is 0 Å². The second-order valence-corrected chi connectivity index (χ2v) is 7.19. The zero-order valence-corrected chi connectivity index (χ0v) is 13.6. The Morgan fingerprint density at radius 1 is 1.23 bits per heavy atom. The van der Waals surface area contributed by atoms with Crippen LogP contribution in [0, 0.1) is 5.92 Å². The zero-order valence-electron chi connectivity index (χ0n) is 13.6. The molecule has 2 aromatic heterocycles. The summed E-state index contributed by atoms with van der Waals surface area (Å²) < 4.78 is 1.94. The lowest BCUT2D eigenvalue weighted by Gasteiger charge is -2.45. The first-order chi connectivity index (χ1) is 10.6. The summed E-state index contributed by atoms with van der Waals surface area (Å²) in [6.45, 7) is 7.81. The minimum absolute atomic E-state index is 0.569. The third-order valence-electron chi connectivity index (χ3n) is 4.68. The lowest BCUT2D eigenvalue weighted by molar-refractivity contribution is 0.185. The van der Waals surface area contributed by atoms with Crippen molar-refractivity contribution in [3.63, 3.8) is 0 Å². The summed E-state index contributed by atoms with van der Waals surface area (Å²) in [5.41, 5.74) is 0.861. The molecule has 0 unspecified atom stereocenters. The van der Waals surface area contributed by atoms with E-state index in [1.807, 2.05) is 10.6 Å². The van der Waals surface area contributed by atoms with Crippen molar-refractivity contribution in [3.8, 4) is 0 Å². The van der Waals surface area contributed by atoms with Gasteiger partial charge in [-0.2, -0.15) is 4.52 Å². The monoisotopic (exact) mass is 300 g/mol. The van der Waals surface area contributed by atoms with Crippen molar-refractivity contribution in [2.75, 3.05) is 31.6 Å². The number of anilines is 1. The van der Waals surface area contributed by atoms with Gasteiger partial charge in [-0.1, -0.05) is 13.8 Å². The highest BCUT2D eigenvalue weighted by molar-refractivity contribution is 5.48. The minimum atomic E-state index is 0.569. The molecule has 1 aliphatic carbocycles. The molecule has 0 bridgehead atoms. The van der Waals surface area contributed by atoms with E-state index < -0.39 is 0 Å². The molecule has 0 spiro atoms. The van der Waals surface area contributed by atoms with E-state index >= 15 is 0 Å². The number of hydrogen-bond acceptors (Lipinski definition) is 5. The topological polar surface area (TPSA) is 49.6 Å². The largest absolute Gasteiger partial charge is 0.352 e. The number of nitrogens with zero attached hydrogens (tertiary/aromatic N) is 6. The van der Waals surface area contributed by atoms with Gasteiger partial charge in [-0.3, -0.25) is 4.90 Å². The van der Waals surface area contributed by atoms with Gasteiger partial charge < -0.3 is 4.90 Å². The molecule has 4 rings (SSSR count). The van der Waals surface area contributed by atoms with Crippen LogP contribution in [0.5, 0.6) is 0 Å². The molecular weight excluding hydrogens is 276 g/mol. The van der Waals surface area contributed by atoms with Gasteiger partial charge in [0.2, 0.25) is 0 Å². The fourth-order valence-electron chi connectivity index (χ4n) is 3.21. The van der Waals surface area contributed by atoms with E-state index in [-0.39, 0.29) is 0 Å². The highest BCUT2D eigenvalue weighted by atomic mass is 15.4. The Kier molecular flexibility index (Phi) is 3.29. The van der Waals surface area contributed by atoms with Crippen molar-refractivity contribution in [3.05, 3.63) is 18.0 Å². The molecule has 0 amide bonds. The van der Waals surface area contributed by atoms with Crippen LogP contribution in [-0.4, -0.2) is 57.4 Å². The Bertz CT molecular complexity index is 668. The Hall–Kier alpha value is -1.69. The first-order valence-corrected chi connectivity index (χ1v) is 8.29. The Morgan fingerprint density at radius 2 is 2.00 bits per heavy atom. The van der Waals surface area contributed by atoms with Crippen molar-refractivity contribution < 1.29 is 0 Å². The maximum atomic E-state index is 4.77. The first kappa shape index (κ1) is 13.9. The van der Waals surface area contributed by atoms with E-state index in [9.17, 15) is 0 Å². The van der Waals surface area contributed by atoms with Crippen LogP contribution < -0.4 is 4.90 Å². The van der Waals surface area contributed by atoms with Crippen LogP contribution in [-0.2, 0) is 0 Å². The maximum Gasteiger partial charge on any atom is 0.178 e. The molecule has 2 fully saturated rings. The van der Waals surface area contributed by atoms with Crippen molar-refractivity contribution >= 4 is 11.5 Å². The predicted octanol–water partition coefficient (Wildman–Crippen LogP) is 1.78. The van der Waals surface area contributed by atoms with E-state index in [0.29, 0.717) is 17.9 Å². The van der Waals surface area contributed by atoms with Crippen LogP contribution in [0.3, 0.4) is 0 Å². The summed E-state index contributed by atoms with van der Waals surface area (Å²) in [7, 11) is 2.23. The number of aromatic nitrogens is 4. The number of rotatable bonds is 5. The number of fused-ring (bicyclic) bond motifs is 1. The molecular formula is C16H24N6. The maximum absolute atomic E-state index is 4.77. The Labute approximate surface area is 131 Å². The molecule has 22 heavy (non-hydrogen) atoms. The third kappa shape index (κ3) is 2.45. The second-order valence-electron chi connectivity index (χ2n) is 7.19. The van der Waals surface area contributed by atoms with E-state index in [4.69, 9.17) is 5.10 Å². The third-order valence-corrected chi connectivity index (χ3v) is 4.68. The summed E-state index contributed by atoms with van der Waals surface area (Å²) >= 11 is 0. The fraction of sp³-hybridized carbons (Fsp3) is 0.688. The molecule has 3 heterocycles. The van der Waals surface area contributed by atoms with Crippen LogP contribution in [0.2, 0.25) is 0 Å². The molecule has 1 saturated heterocycles. The van der Waals surface area contributed by atoms with Crippen molar-refractivity contribution in [1.29, 1.82) is 0 Å². The molecule has 118 valence electrons. The number of likely N-dealkylation sites (N-methyl/N-ethyl adjacent to an activating group) is 1. The second kappa shape index (κ2) is 5.19. The minimum Gasteiger partial charge on any atom is -0.352 e. The molecule has 0 radical (unpaired) electrons. The van der Waals surface area contributed by atoms with Gasteiger partial charge in [0, 0.05) is 31.6 Å². The molecule has 1 aliphatic heterocycles. The van der Waals surface area contributed by atoms with Crippen LogP contribution >= 0.6 is 0 Å². The molecule has 6 heteroatoms. The van der Waals surface area contributed by atoms with Gasteiger partial charge in [0.25, 0.3) is 0 Å². The molecule has 2 aromatic rings. The lowest BCUT2D eigenvalue weighted by Crippen LogP contribution is -2.59. The van der Waals surface area contributed by atoms with Gasteiger partial charge in [-0.05, 0) is 37.9 Å². The van der Waals surface area contributed by atoms with E-state index in [0.717, 1.165) is 36.9 Å². The highest BCUT2D eigenvalue weighted by Gasteiger charge is 2.32. The molecule has 0 atom stereocenters. The Morgan fingerprint density at radius 3 is 2.68 bits per heavy atom. The average Bonchev–Trinajstić information content (AvgIpc) is 3.16. The standard InChI is InChI=1S/C16H24N6/c1-11(2)8-20(3)13-9-21(10-13)15-7-6-14-17-18-16(12-4-5-12)22(14)19-15/h6-7,11-13H,4-5,8-10H2,1-3H3. The smallest absolute Gasteiger partial charge is 0.178 e. The van der Waals surface area contributed by atoms with E-state index in [1.54, 1.807) is 0 Å². The summed E-state index contributed by atoms with van der Waals surface area (Å²) in [4.78, 5) is 4.81. The fourth-order valence-corrected chi connectivity index (χ4v) is 3.21. The van der Waals surface area contributed by atoms with Crippen molar-refractivity contribution in [1.82, 2.24) is 24.7 Å². The molecule has 6 nitrogen and oxygen atoms in total. The van der Waals surface area contributed by atoms with Gasteiger partial charge in [0.15, 0.2) is 11.5 Å². The van der Waals surface area contributed by atoms with Gasteiger partial charge in [0.05, 0.1) is 0 Å². The summed E-state index contributed by atoms with van der Waals surface area (Å²) in [5.74, 6) is 3.36. The van der Waals surface area contributed by atoms with Crippen LogP contribution in [0.15, 0.2) is 12.1 Å². The van der Waals surface area contributed by atoms with Crippen LogP contribution in [0.4, 0.5) is 5.82 Å². The molecule has 1 saturated carbocycles. The summed E-state index contributed by atoms with van der Waals surface area (Å²) in [5, 5.41) is 13.3. The van der Waals surface area contributed by atoms with Crippen LogP contribution in [0.1, 0.15) is 38.4 Å². The quantitative estimate of drug-likeness (QED) is 0.842. The summed E-state index contributed by atoms with van der Waals surface area (Å²) in [6, 6.07) is 4.75. The van der Waals surface area contributed by atoms with Crippen molar-refractivity contribution in [2.45, 2.75) is 38.6 Å². The number of hydrogen-bond donors (Lipinski definition) is 0. The summed E-state index contributed by atoms with van der Waals surface area (Å²) in [6.07, 6.45) is 2.44. The van der Waals surface area contributed by atoms with Crippen LogP contribution in [0.25, 0.3) is 5.65 Å². The average molecular weight is 300 g/mol. The SMILES string of the molecule is CC(C)CN(C)C1CN(c2ccc3nnc(C4CC4)n3n2)C1. The predicted molar refractivity (Wildman–Crippen MR) is 86.2 cm³/mol. The molecule has 0 aromatic carbocycles. The molecule has 0 N–H and O–H groups in total. The molecule has 2 aliphatic rings. The van der Waals surface area contributed by atoms with E-state index in [1.165, 1.54) is 12.8 Å². The Balaban J connectivity index is 1.48. The van der Waals surface area contributed by atoms with E-state index in [2.05, 4.69) is 47.0 Å². The highest BCUT2D eigenvalue weighted by Crippen LogP contribution is 2.38. The zero-order chi connectivity index (χ0) is 15.3. The van der Waals surface area contributed by atoms with Crippen molar-refractivity contribution in [2.24, 2.45) is 5.92 Å². The van der Waals surface area contributed by atoms with Gasteiger partial charge in [0.1, 0.15) is 5.82 Å². The van der Waals surface area contributed by atoms with Gasteiger partial charge in [-0.15, -0.1) is 15.3 Å². The lowest BCUT2D eigenvalue weighted by atomic mass is 10.1. The normalized spacial score (nSPS) is 19.4.